The molecule has 0 saturated heterocycles. The molecule has 0 saturated carbocycles. The molecule has 4 heteroatoms. The van der Waals surface area contributed by atoms with Crippen LogP contribution in [0, 0.1) is 32.4 Å². The lowest BCUT2D eigenvalue weighted by Crippen LogP contribution is -2.04. The molecule has 0 aromatic heterocycles. The molecule has 0 aliphatic rings. The quantitative estimate of drug-likeness (QED) is 0.671. The standard InChI is InChI=1S/C17H17BrF2O/c1-10-4-11(2)14(12(3)5-10)9-21-17-15(19)6-13(8-18)7-16(17)20/h4-7H,8-9H2,1-3H3. The van der Waals surface area contributed by atoms with Crippen LogP contribution >= 0.6 is 15.9 Å². The van der Waals surface area contributed by atoms with Crippen molar-refractivity contribution < 1.29 is 13.5 Å². The Morgan fingerprint density at radius 1 is 0.952 bits per heavy atom. The Morgan fingerprint density at radius 3 is 1.95 bits per heavy atom. The van der Waals surface area contributed by atoms with E-state index in [1.165, 1.54) is 12.1 Å². The number of ether oxygens (including phenoxy) is 1. The van der Waals surface area contributed by atoms with E-state index < -0.39 is 11.6 Å². The van der Waals surface area contributed by atoms with Gasteiger partial charge in [-0.05, 0) is 55.2 Å². The number of hydrogen-bond donors (Lipinski definition) is 0. The Bertz CT molecular complexity index is 622. The number of aryl methyl sites for hydroxylation is 3. The van der Waals surface area contributed by atoms with Gasteiger partial charge in [-0.15, -0.1) is 0 Å². The van der Waals surface area contributed by atoms with Gasteiger partial charge < -0.3 is 4.74 Å². The van der Waals surface area contributed by atoms with Crippen LogP contribution in [0.15, 0.2) is 24.3 Å². The average molecular weight is 355 g/mol. The molecule has 0 radical (unpaired) electrons. The van der Waals surface area contributed by atoms with Crippen LogP contribution in [0.5, 0.6) is 5.75 Å². The highest BCUT2D eigenvalue weighted by Crippen LogP contribution is 2.26. The Morgan fingerprint density at radius 2 is 1.48 bits per heavy atom. The summed E-state index contributed by atoms with van der Waals surface area (Å²) in [6.45, 7) is 6.11. The Balaban J connectivity index is 2.25. The van der Waals surface area contributed by atoms with Gasteiger partial charge in [0.2, 0.25) is 0 Å². The van der Waals surface area contributed by atoms with Gasteiger partial charge in [-0.25, -0.2) is 8.78 Å². The van der Waals surface area contributed by atoms with Gasteiger partial charge in [0.15, 0.2) is 17.4 Å². The van der Waals surface area contributed by atoms with Gasteiger partial charge in [-0.1, -0.05) is 33.6 Å². The molecule has 0 spiro atoms. The number of halogens is 3. The molecule has 0 amide bonds. The van der Waals surface area contributed by atoms with E-state index in [1.807, 2.05) is 32.9 Å². The van der Waals surface area contributed by atoms with Crippen LogP contribution in [-0.2, 0) is 11.9 Å². The van der Waals surface area contributed by atoms with Gasteiger partial charge in [0.05, 0.1) is 0 Å². The van der Waals surface area contributed by atoms with Gasteiger partial charge >= 0.3 is 0 Å². The van der Waals surface area contributed by atoms with Crippen molar-refractivity contribution in [3.63, 3.8) is 0 Å². The third kappa shape index (κ3) is 3.62. The van der Waals surface area contributed by atoms with E-state index in [2.05, 4.69) is 15.9 Å². The van der Waals surface area contributed by atoms with Crippen molar-refractivity contribution in [1.29, 1.82) is 0 Å². The van der Waals surface area contributed by atoms with E-state index in [1.54, 1.807) is 0 Å². The topological polar surface area (TPSA) is 9.23 Å². The average Bonchev–Trinajstić information content (AvgIpc) is 2.39. The molecule has 0 aliphatic carbocycles. The van der Waals surface area contributed by atoms with Crippen molar-refractivity contribution in [2.45, 2.75) is 32.7 Å². The van der Waals surface area contributed by atoms with E-state index in [9.17, 15) is 8.78 Å². The molecule has 112 valence electrons. The minimum Gasteiger partial charge on any atom is -0.483 e. The smallest absolute Gasteiger partial charge is 0.191 e. The Kier molecular flexibility index (Phi) is 4.99. The van der Waals surface area contributed by atoms with Crippen molar-refractivity contribution in [1.82, 2.24) is 0 Å². The zero-order valence-corrected chi connectivity index (χ0v) is 13.9. The first-order valence-electron chi connectivity index (χ1n) is 6.65. The van der Waals surface area contributed by atoms with Crippen molar-refractivity contribution in [2.24, 2.45) is 0 Å². The van der Waals surface area contributed by atoms with E-state index >= 15 is 0 Å². The van der Waals surface area contributed by atoms with Crippen molar-refractivity contribution >= 4 is 15.9 Å². The highest BCUT2D eigenvalue weighted by atomic mass is 79.9. The molecule has 0 aliphatic heterocycles. The maximum absolute atomic E-state index is 13.9. The summed E-state index contributed by atoms with van der Waals surface area (Å²) in [4.78, 5) is 0. The molecule has 2 aromatic rings. The molecule has 0 unspecified atom stereocenters. The predicted molar refractivity (Wildman–Crippen MR) is 84.0 cm³/mol. The molecule has 2 rings (SSSR count). The van der Waals surface area contributed by atoms with Gasteiger partial charge in [0.1, 0.15) is 6.61 Å². The van der Waals surface area contributed by atoms with Crippen LogP contribution in [0.1, 0.15) is 27.8 Å². The Hall–Kier alpha value is -1.42. The molecular formula is C17H17BrF2O. The maximum Gasteiger partial charge on any atom is 0.191 e. The lowest BCUT2D eigenvalue weighted by molar-refractivity contribution is 0.272. The first-order chi connectivity index (χ1) is 9.92. The van der Waals surface area contributed by atoms with Crippen molar-refractivity contribution in [3.8, 4) is 5.75 Å². The largest absolute Gasteiger partial charge is 0.483 e. The predicted octanol–water partition coefficient (Wildman–Crippen LogP) is 5.36. The van der Waals surface area contributed by atoms with E-state index in [4.69, 9.17) is 4.74 Å². The van der Waals surface area contributed by atoms with Crippen LogP contribution in [0.25, 0.3) is 0 Å². The summed E-state index contributed by atoms with van der Waals surface area (Å²) in [6.07, 6.45) is 0. The number of benzene rings is 2. The Labute approximate surface area is 132 Å². The minimum absolute atomic E-state index is 0.152. The molecule has 0 atom stereocenters. The highest BCUT2D eigenvalue weighted by molar-refractivity contribution is 9.08. The molecule has 2 aromatic carbocycles. The summed E-state index contributed by atoms with van der Waals surface area (Å²) in [5, 5.41) is 0.400. The first-order valence-corrected chi connectivity index (χ1v) is 7.78. The lowest BCUT2D eigenvalue weighted by Gasteiger charge is -2.14. The van der Waals surface area contributed by atoms with Gasteiger partial charge in [-0.3, -0.25) is 0 Å². The van der Waals surface area contributed by atoms with Crippen molar-refractivity contribution in [3.05, 3.63) is 63.7 Å². The maximum atomic E-state index is 13.9. The number of rotatable bonds is 4. The molecule has 0 fully saturated rings. The molecular weight excluding hydrogens is 338 g/mol. The highest BCUT2D eigenvalue weighted by Gasteiger charge is 2.14. The summed E-state index contributed by atoms with van der Waals surface area (Å²) in [5.41, 5.74) is 4.78. The number of hydrogen-bond acceptors (Lipinski definition) is 1. The van der Waals surface area contributed by atoms with Crippen LogP contribution < -0.4 is 4.74 Å². The second-order valence-electron chi connectivity index (χ2n) is 5.19. The third-order valence-corrected chi connectivity index (χ3v) is 4.06. The third-order valence-electron chi connectivity index (χ3n) is 3.41. The van der Waals surface area contributed by atoms with E-state index in [-0.39, 0.29) is 12.4 Å². The fourth-order valence-corrected chi connectivity index (χ4v) is 2.73. The summed E-state index contributed by atoms with van der Waals surface area (Å²) in [7, 11) is 0. The second-order valence-corrected chi connectivity index (χ2v) is 5.75. The van der Waals surface area contributed by atoms with E-state index in [0.29, 0.717) is 10.9 Å². The monoisotopic (exact) mass is 354 g/mol. The summed E-state index contributed by atoms with van der Waals surface area (Å²) in [5.74, 6) is -1.67. The van der Waals surface area contributed by atoms with Gasteiger partial charge in [-0.2, -0.15) is 0 Å². The molecule has 0 heterocycles. The van der Waals surface area contributed by atoms with Gasteiger partial charge in [0, 0.05) is 5.33 Å². The summed E-state index contributed by atoms with van der Waals surface area (Å²) in [6, 6.07) is 6.63. The van der Waals surface area contributed by atoms with Crippen LogP contribution in [0.2, 0.25) is 0 Å². The van der Waals surface area contributed by atoms with Crippen LogP contribution in [0.4, 0.5) is 8.78 Å². The fraction of sp³-hybridized carbons (Fsp3) is 0.294. The SMILES string of the molecule is Cc1cc(C)c(COc2c(F)cc(CBr)cc2F)c(C)c1. The minimum atomic E-state index is -0.674. The fourth-order valence-electron chi connectivity index (χ4n) is 2.41. The van der Waals surface area contributed by atoms with E-state index in [0.717, 1.165) is 22.3 Å². The number of alkyl halides is 1. The molecule has 1 nitrogen and oxygen atoms in total. The molecule has 0 N–H and O–H groups in total. The van der Waals surface area contributed by atoms with Crippen LogP contribution in [-0.4, -0.2) is 0 Å². The van der Waals surface area contributed by atoms with Gasteiger partial charge in [0.25, 0.3) is 0 Å². The van der Waals surface area contributed by atoms with Crippen LogP contribution in [0.3, 0.4) is 0 Å². The molecule has 0 bridgehead atoms. The lowest BCUT2D eigenvalue weighted by atomic mass is 10.0. The summed E-state index contributed by atoms with van der Waals surface area (Å²) < 4.78 is 33.1. The summed E-state index contributed by atoms with van der Waals surface area (Å²) >= 11 is 3.18. The zero-order valence-electron chi connectivity index (χ0n) is 12.3. The van der Waals surface area contributed by atoms with Crippen molar-refractivity contribution in [2.75, 3.05) is 0 Å². The normalized spacial score (nSPS) is 10.8. The zero-order chi connectivity index (χ0) is 15.6. The first kappa shape index (κ1) is 16.0. The molecule has 21 heavy (non-hydrogen) atoms. The second kappa shape index (κ2) is 6.56.